The van der Waals surface area contributed by atoms with E-state index >= 15 is 0 Å². The predicted molar refractivity (Wildman–Crippen MR) is 88.6 cm³/mol. The molecule has 0 fully saturated rings. The summed E-state index contributed by atoms with van der Waals surface area (Å²) in [6.07, 6.45) is -0.358. The fourth-order valence-electron chi connectivity index (χ4n) is 2.54. The molecule has 1 aliphatic heterocycles. The van der Waals surface area contributed by atoms with Crippen molar-refractivity contribution < 1.29 is 18.6 Å². The Morgan fingerprint density at radius 1 is 1.09 bits per heavy atom. The van der Waals surface area contributed by atoms with Crippen molar-refractivity contribution in [1.82, 2.24) is 0 Å². The number of aliphatic hydroxyl groups excluding tert-OH is 1. The third-order valence-electron chi connectivity index (χ3n) is 3.68. The van der Waals surface area contributed by atoms with Crippen LogP contribution in [0.2, 0.25) is 0 Å². The van der Waals surface area contributed by atoms with Crippen LogP contribution in [-0.4, -0.2) is 32.4 Å². The second-order valence-corrected chi connectivity index (χ2v) is 6.23. The molecule has 2 aromatic carbocycles. The molecule has 0 spiro atoms. The average Bonchev–Trinajstić information content (AvgIpc) is 3.00. The summed E-state index contributed by atoms with van der Waals surface area (Å²) in [6, 6.07) is 16.5. The molecule has 0 aliphatic carbocycles. The highest BCUT2D eigenvalue weighted by atomic mass is 32.2. The first-order valence-electron chi connectivity index (χ1n) is 7.24. The molecular weight excluding hydrogens is 314 g/mol. The number of aliphatic imine (C=N–C) groups is 1. The lowest BCUT2D eigenvalue weighted by molar-refractivity contribution is 0.152. The Morgan fingerprint density at radius 3 is 2.39 bits per heavy atom. The van der Waals surface area contributed by atoms with E-state index < -0.39 is 11.1 Å². The number of rotatable bonds is 5. The SMILES string of the molecule is O=S(O)Cc1ccc([C@H]2OC(c3ccccc3)=N[C@@H]2CO)cc1. The summed E-state index contributed by atoms with van der Waals surface area (Å²) >= 11 is -1.86. The lowest BCUT2D eigenvalue weighted by Gasteiger charge is -2.16. The Bertz CT molecular complexity index is 715. The molecule has 1 aliphatic rings. The molecule has 3 atom stereocenters. The highest BCUT2D eigenvalue weighted by Gasteiger charge is 2.32. The van der Waals surface area contributed by atoms with Gasteiger partial charge in [-0.05, 0) is 23.3 Å². The van der Waals surface area contributed by atoms with Gasteiger partial charge >= 0.3 is 0 Å². The molecule has 0 aromatic heterocycles. The standard InChI is InChI=1S/C17H17NO4S/c19-10-15-16(13-8-6-12(7-9-13)11-23(20)21)22-17(18-15)14-4-2-1-3-5-14/h1-9,15-16,19H,10-11H2,(H,20,21)/t15-,16-/m1/s1. The van der Waals surface area contributed by atoms with Gasteiger partial charge in [0.05, 0.1) is 12.4 Å². The Balaban J connectivity index is 1.79. The van der Waals surface area contributed by atoms with Crippen molar-refractivity contribution in [2.24, 2.45) is 4.99 Å². The molecule has 1 unspecified atom stereocenters. The normalized spacial score (nSPS) is 21.6. The zero-order valence-corrected chi connectivity index (χ0v) is 13.1. The van der Waals surface area contributed by atoms with Gasteiger partial charge in [-0.2, -0.15) is 0 Å². The monoisotopic (exact) mass is 331 g/mol. The highest BCUT2D eigenvalue weighted by Crippen LogP contribution is 2.31. The molecule has 0 amide bonds. The van der Waals surface area contributed by atoms with Crippen LogP contribution in [0.5, 0.6) is 0 Å². The van der Waals surface area contributed by atoms with Crippen LogP contribution < -0.4 is 0 Å². The van der Waals surface area contributed by atoms with Crippen molar-refractivity contribution in [1.29, 1.82) is 0 Å². The van der Waals surface area contributed by atoms with Crippen LogP contribution in [-0.2, 0) is 21.6 Å². The molecule has 0 saturated heterocycles. The van der Waals surface area contributed by atoms with Crippen LogP contribution >= 0.6 is 0 Å². The molecule has 3 rings (SSSR count). The van der Waals surface area contributed by atoms with E-state index in [0.717, 1.165) is 16.7 Å². The van der Waals surface area contributed by atoms with Gasteiger partial charge < -0.3 is 14.4 Å². The minimum atomic E-state index is -1.86. The third-order valence-corrected chi connectivity index (χ3v) is 4.26. The topological polar surface area (TPSA) is 79.1 Å². The van der Waals surface area contributed by atoms with E-state index in [1.54, 1.807) is 12.1 Å². The third kappa shape index (κ3) is 3.67. The molecule has 23 heavy (non-hydrogen) atoms. The summed E-state index contributed by atoms with van der Waals surface area (Å²) in [6.45, 7) is -0.108. The quantitative estimate of drug-likeness (QED) is 0.824. The summed E-state index contributed by atoms with van der Waals surface area (Å²) in [5.41, 5.74) is 2.53. The van der Waals surface area contributed by atoms with Crippen molar-refractivity contribution in [3.8, 4) is 0 Å². The first kappa shape index (κ1) is 15.9. The van der Waals surface area contributed by atoms with Gasteiger partial charge in [-0.15, -0.1) is 0 Å². The number of ether oxygens (including phenoxy) is 1. The number of hydrogen-bond acceptors (Lipinski definition) is 4. The van der Waals surface area contributed by atoms with Crippen molar-refractivity contribution in [2.45, 2.75) is 17.9 Å². The number of nitrogens with zero attached hydrogens (tertiary/aromatic N) is 1. The molecule has 2 N–H and O–H groups in total. The molecule has 0 saturated carbocycles. The lowest BCUT2D eigenvalue weighted by Crippen LogP contribution is -2.18. The van der Waals surface area contributed by atoms with E-state index in [9.17, 15) is 9.32 Å². The van der Waals surface area contributed by atoms with E-state index in [0.29, 0.717) is 5.90 Å². The minimum absolute atomic E-state index is 0.0982. The van der Waals surface area contributed by atoms with Gasteiger partial charge in [0.25, 0.3) is 0 Å². The molecular formula is C17H17NO4S. The van der Waals surface area contributed by atoms with Crippen LogP contribution in [0.3, 0.4) is 0 Å². The van der Waals surface area contributed by atoms with E-state index in [2.05, 4.69) is 4.99 Å². The molecule has 120 valence electrons. The van der Waals surface area contributed by atoms with Gasteiger partial charge in [0.2, 0.25) is 5.90 Å². The van der Waals surface area contributed by atoms with Crippen molar-refractivity contribution in [2.75, 3.05) is 6.61 Å². The average molecular weight is 331 g/mol. The van der Waals surface area contributed by atoms with Gasteiger partial charge in [-0.25, -0.2) is 9.20 Å². The lowest BCUT2D eigenvalue weighted by atomic mass is 10.0. The number of benzene rings is 2. The Kier molecular flexibility index (Phi) is 4.85. The van der Waals surface area contributed by atoms with Gasteiger partial charge in [0.1, 0.15) is 6.04 Å². The van der Waals surface area contributed by atoms with Crippen molar-refractivity contribution in [3.05, 3.63) is 71.3 Å². The Labute approximate surface area is 136 Å². The van der Waals surface area contributed by atoms with E-state index in [4.69, 9.17) is 9.29 Å². The largest absolute Gasteiger partial charge is 0.467 e. The van der Waals surface area contributed by atoms with E-state index in [1.807, 2.05) is 42.5 Å². The van der Waals surface area contributed by atoms with Gasteiger partial charge in [-0.1, -0.05) is 42.5 Å². The first-order chi connectivity index (χ1) is 11.2. The maximum Gasteiger partial charge on any atom is 0.217 e. The maximum atomic E-state index is 10.8. The summed E-state index contributed by atoms with van der Waals surface area (Å²) in [5, 5.41) is 9.58. The van der Waals surface area contributed by atoms with Crippen molar-refractivity contribution in [3.63, 3.8) is 0 Å². The summed E-state index contributed by atoms with van der Waals surface area (Å²) in [4.78, 5) is 4.46. The van der Waals surface area contributed by atoms with Gasteiger partial charge in [-0.3, -0.25) is 0 Å². The molecule has 0 bridgehead atoms. The maximum absolute atomic E-state index is 10.8. The van der Waals surface area contributed by atoms with E-state index in [-0.39, 0.29) is 24.5 Å². The first-order valence-corrected chi connectivity index (χ1v) is 8.52. The molecule has 2 aromatic rings. The van der Waals surface area contributed by atoms with Crippen LogP contribution in [0.4, 0.5) is 0 Å². The second kappa shape index (κ2) is 7.04. The molecule has 0 radical (unpaired) electrons. The van der Waals surface area contributed by atoms with Crippen LogP contribution in [0.1, 0.15) is 22.8 Å². The predicted octanol–water partition coefficient (Wildman–Crippen LogP) is 2.29. The van der Waals surface area contributed by atoms with Crippen LogP contribution in [0.25, 0.3) is 0 Å². The molecule has 5 nitrogen and oxygen atoms in total. The highest BCUT2D eigenvalue weighted by molar-refractivity contribution is 7.78. The Hall–Kier alpha value is -2.02. The van der Waals surface area contributed by atoms with Gasteiger partial charge in [0, 0.05) is 5.56 Å². The molecule has 1 heterocycles. The summed E-state index contributed by atoms with van der Waals surface area (Å²) in [5.74, 6) is 0.622. The second-order valence-electron chi connectivity index (χ2n) is 5.30. The fourth-order valence-corrected chi connectivity index (χ4v) is 3.02. The van der Waals surface area contributed by atoms with Gasteiger partial charge in [0.15, 0.2) is 17.2 Å². The summed E-state index contributed by atoms with van der Waals surface area (Å²) in [7, 11) is 0. The van der Waals surface area contributed by atoms with Crippen LogP contribution in [0.15, 0.2) is 59.6 Å². The number of aliphatic hydroxyl groups is 1. The Morgan fingerprint density at radius 2 is 1.78 bits per heavy atom. The summed E-state index contributed by atoms with van der Waals surface area (Å²) < 4.78 is 25.7. The van der Waals surface area contributed by atoms with Crippen molar-refractivity contribution >= 4 is 17.0 Å². The van der Waals surface area contributed by atoms with E-state index in [1.165, 1.54) is 0 Å². The zero-order valence-electron chi connectivity index (χ0n) is 12.3. The zero-order chi connectivity index (χ0) is 16.2. The smallest absolute Gasteiger partial charge is 0.217 e. The number of hydrogen-bond donors (Lipinski definition) is 2. The fraction of sp³-hybridized carbons (Fsp3) is 0.235. The molecule has 6 heteroatoms. The van der Waals surface area contributed by atoms with Crippen LogP contribution in [0, 0.1) is 0 Å². The minimum Gasteiger partial charge on any atom is -0.467 e.